The van der Waals surface area contributed by atoms with E-state index in [0.717, 1.165) is 52.1 Å². The first-order chi connectivity index (χ1) is 14.7. The molecule has 0 radical (unpaired) electrons. The molecule has 0 atom stereocenters. The number of rotatable bonds is 7. The molecule has 0 N–H and O–H groups in total. The highest BCUT2D eigenvalue weighted by Crippen LogP contribution is 2.21. The van der Waals surface area contributed by atoms with Gasteiger partial charge in [0.05, 0.1) is 6.54 Å². The minimum Gasteiger partial charge on any atom is -0.301 e. The lowest BCUT2D eigenvalue weighted by atomic mass is 10.0. The molecule has 1 aromatic carbocycles. The van der Waals surface area contributed by atoms with E-state index in [-0.39, 0.29) is 11.7 Å². The van der Waals surface area contributed by atoms with Crippen molar-refractivity contribution in [3.63, 3.8) is 0 Å². The predicted molar refractivity (Wildman–Crippen MR) is 122 cm³/mol. The number of likely N-dealkylation sites (tertiary alicyclic amines) is 2. The molecule has 2 aliphatic rings. The molecule has 2 aliphatic heterocycles. The van der Waals surface area contributed by atoms with E-state index in [1.807, 2.05) is 4.57 Å². The number of aromatic nitrogens is 3. The van der Waals surface area contributed by atoms with Gasteiger partial charge in [-0.2, -0.15) is 5.10 Å². The summed E-state index contributed by atoms with van der Waals surface area (Å²) < 4.78 is 3.54. The first-order valence-corrected chi connectivity index (χ1v) is 11.5. The van der Waals surface area contributed by atoms with Gasteiger partial charge >= 0.3 is 5.69 Å². The molecule has 0 bridgehead atoms. The van der Waals surface area contributed by atoms with Gasteiger partial charge in [-0.25, -0.2) is 9.48 Å². The van der Waals surface area contributed by atoms with Gasteiger partial charge in [-0.3, -0.25) is 9.47 Å². The lowest BCUT2D eigenvalue weighted by molar-refractivity contribution is 0.196. The van der Waals surface area contributed by atoms with E-state index in [2.05, 4.69) is 58.2 Å². The molecule has 2 saturated heterocycles. The lowest BCUT2D eigenvalue weighted by Gasteiger charge is -2.32. The fraction of sp³-hybridized carbons (Fsp3) is 0.583. The summed E-state index contributed by atoms with van der Waals surface area (Å²) in [6.45, 7) is 9.20. The molecule has 2 aromatic rings. The van der Waals surface area contributed by atoms with Crippen molar-refractivity contribution in [1.29, 1.82) is 0 Å². The molecular weight excluding hydrogens is 374 g/mol. The number of hydrogen-bond donors (Lipinski definition) is 0. The van der Waals surface area contributed by atoms with Gasteiger partial charge in [0.25, 0.3) is 0 Å². The fourth-order valence-electron chi connectivity index (χ4n) is 4.76. The first kappa shape index (κ1) is 21.1. The highest BCUT2D eigenvalue weighted by molar-refractivity contribution is 5.52. The average Bonchev–Trinajstić information content (AvgIpc) is 3.14. The van der Waals surface area contributed by atoms with E-state index in [9.17, 15) is 4.79 Å². The first-order valence-electron chi connectivity index (χ1n) is 11.5. The standard InChI is InChI=1S/C24H35N5O/c1-21(18-22-8-4-2-5-9-22)19-27-14-10-23(11-15-27)28-20-25-29(24(28)30)17-16-26-12-6-3-7-13-26/h2,4-5,8-9,18,20,23H,3,6-7,10-17,19H2,1H3/b21-18+. The van der Waals surface area contributed by atoms with Crippen LogP contribution in [0.2, 0.25) is 0 Å². The zero-order valence-electron chi connectivity index (χ0n) is 18.2. The topological polar surface area (TPSA) is 46.3 Å². The Hall–Kier alpha value is -2.18. The highest BCUT2D eigenvalue weighted by Gasteiger charge is 2.23. The zero-order chi connectivity index (χ0) is 20.8. The Morgan fingerprint density at radius 2 is 1.73 bits per heavy atom. The molecule has 30 heavy (non-hydrogen) atoms. The number of benzene rings is 1. The second kappa shape index (κ2) is 10.2. The van der Waals surface area contributed by atoms with Crippen LogP contribution in [0.1, 0.15) is 50.6 Å². The summed E-state index contributed by atoms with van der Waals surface area (Å²) in [7, 11) is 0. The fourth-order valence-corrected chi connectivity index (χ4v) is 4.76. The Morgan fingerprint density at radius 3 is 2.47 bits per heavy atom. The second-order valence-corrected chi connectivity index (χ2v) is 8.85. The van der Waals surface area contributed by atoms with Crippen LogP contribution >= 0.6 is 0 Å². The van der Waals surface area contributed by atoms with Crippen LogP contribution in [0.25, 0.3) is 6.08 Å². The minimum absolute atomic E-state index is 0.0608. The molecule has 0 unspecified atom stereocenters. The Kier molecular flexibility index (Phi) is 7.18. The molecule has 0 aliphatic carbocycles. The Labute approximate surface area is 179 Å². The Bertz CT molecular complexity index is 871. The van der Waals surface area contributed by atoms with E-state index in [0.29, 0.717) is 6.54 Å². The maximum absolute atomic E-state index is 12.8. The van der Waals surface area contributed by atoms with Gasteiger partial charge < -0.3 is 4.90 Å². The summed E-state index contributed by atoms with van der Waals surface area (Å²) >= 11 is 0. The van der Waals surface area contributed by atoms with Crippen molar-refractivity contribution in [3.8, 4) is 0 Å². The largest absolute Gasteiger partial charge is 0.346 e. The molecule has 162 valence electrons. The van der Waals surface area contributed by atoms with Crippen molar-refractivity contribution in [1.82, 2.24) is 24.1 Å². The summed E-state index contributed by atoms with van der Waals surface area (Å²) in [4.78, 5) is 17.8. The molecule has 6 heteroatoms. The van der Waals surface area contributed by atoms with E-state index >= 15 is 0 Å². The zero-order valence-corrected chi connectivity index (χ0v) is 18.2. The van der Waals surface area contributed by atoms with Crippen LogP contribution in [0.4, 0.5) is 0 Å². The molecule has 0 saturated carbocycles. The maximum atomic E-state index is 12.8. The second-order valence-electron chi connectivity index (χ2n) is 8.85. The molecule has 0 spiro atoms. The van der Waals surface area contributed by atoms with Crippen molar-refractivity contribution < 1.29 is 0 Å². The SMILES string of the molecule is C/C(=C\c1ccccc1)CN1CCC(n2cnn(CCN3CCCCC3)c2=O)CC1. The van der Waals surface area contributed by atoms with Crippen molar-refractivity contribution in [2.75, 3.05) is 39.3 Å². The monoisotopic (exact) mass is 409 g/mol. The van der Waals surface area contributed by atoms with Gasteiger partial charge in [-0.05, 0) is 51.3 Å². The third kappa shape index (κ3) is 5.49. The summed E-state index contributed by atoms with van der Waals surface area (Å²) in [6.07, 6.45) is 9.95. The maximum Gasteiger partial charge on any atom is 0.346 e. The van der Waals surface area contributed by atoms with Crippen LogP contribution < -0.4 is 5.69 Å². The van der Waals surface area contributed by atoms with Gasteiger partial charge in [0.1, 0.15) is 6.33 Å². The van der Waals surface area contributed by atoms with E-state index in [4.69, 9.17) is 0 Å². The van der Waals surface area contributed by atoms with Crippen molar-refractivity contribution in [2.45, 2.75) is 51.6 Å². The van der Waals surface area contributed by atoms with Gasteiger partial charge in [-0.15, -0.1) is 0 Å². The van der Waals surface area contributed by atoms with E-state index in [1.54, 1.807) is 11.0 Å². The molecule has 2 fully saturated rings. The Balaban J connectivity index is 1.27. The van der Waals surface area contributed by atoms with Gasteiger partial charge in [0.2, 0.25) is 0 Å². The molecule has 1 aromatic heterocycles. The van der Waals surface area contributed by atoms with Gasteiger partial charge in [-0.1, -0.05) is 48.4 Å². The Morgan fingerprint density at radius 1 is 1.00 bits per heavy atom. The van der Waals surface area contributed by atoms with Crippen LogP contribution in [-0.4, -0.2) is 63.4 Å². The molecule has 6 nitrogen and oxygen atoms in total. The van der Waals surface area contributed by atoms with E-state index in [1.165, 1.54) is 30.4 Å². The third-order valence-corrected chi connectivity index (χ3v) is 6.47. The summed E-state index contributed by atoms with van der Waals surface area (Å²) in [5.41, 5.74) is 2.70. The smallest absolute Gasteiger partial charge is 0.301 e. The van der Waals surface area contributed by atoms with Crippen LogP contribution in [-0.2, 0) is 6.54 Å². The molecule has 0 amide bonds. The summed E-state index contributed by atoms with van der Waals surface area (Å²) in [5.74, 6) is 0. The van der Waals surface area contributed by atoms with Gasteiger partial charge in [0.15, 0.2) is 0 Å². The molecular formula is C24H35N5O. The number of hydrogen-bond acceptors (Lipinski definition) is 4. The molecule has 4 rings (SSSR count). The summed E-state index contributed by atoms with van der Waals surface area (Å²) in [6, 6.07) is 10.8. The number of piperidine rings is 2. The van der Waals surface area contributed by atoms with Crippen molar-refractivity contribution in [2.24, 2.45) is 0 Å². The normalized spacial score (nSPS) is 20.0. The highest BCUT2D eigenvalue weighted by atomic mass is 16.2. The summed E-state index contributed by atoms with van der Waals surface area (Å²) in [5, 5.41) is 4.41. The van der Waals surface area contributed by atoms with Crippen LogP contribution in [0.3, 0.4) is 0 Å². The lowest BCUT2D eigenvalue weighted by Crippen LogP contribution is -2.39. The quantitative estimate of drug-likeness (QED) is 0.704. The minimum atomic E-state index is 0.0608. The van der Waals surface area contributed by atoms with Crippen LogP contribution in [0, 0.1) is 0 Å². The van der Waals surface area contributed by atoms with Crippen molar-refractivity contribution in [3.05, 3.63) is 58.3 Å². The third-order valence-electron chi connectivity index (χ3n) is 6.47. The van der Waals surface area contributed by atoms with Gasteiger partial charge in [0, 0.05) is 32.2 Å². The van der Waals surface area contributed by atoms with Crippen LogP contribution in [0.5, 0.6) is 0 Å². The average molecular weight is 410 g/mol. The predicted octanol–water partition coefficient (Wildman–Crippen LogP) is 3.27. The van der Waals surface area contributed by atoms with Crippen molar-refractivity contribution >= 4 is 6.08 Å². The van der Waals surface area contributed by atoms with Crippen LogP contribution in [0.15, 0.2) is 47.0 Å². The van der Waals surface area contributed by atoms with E-state index < -0.39 is 0 Å². The molecule has 3 heterocycles. The number of nitrogens with zero attached hydrogens (tertiary/aromatic N) is 5.